The highest BCUT2D eigenvalue weighted by Crippen LogP contribution is 2.54. The lowest BCUT2D eigenvalue weighted by molar-refractivity contribution is -0.136. The largest absolute Gasteiger partial charge is 0.384 e. The summed E-state index contributed by atoms with van der Waals surface area (Å²) < 4.78 is 0. The van der Waals surface area contributed by atoms with Crippen LogP contribution in [0.1, 0.15) is 72.1 Å². The Morgan fingerprint density at radius 2 is 1.81 bits per heavy atom. The summed E-state index contributed by atoms with van der Waals surface area (Å²) in [5.41, 5.74) is 1.80. The number of benzene rings is 1. The second-order valence-corrected chi connectivity index (χ2v) is 9.89. The van der Waals surface area contributed by atoms with Crippen molar-refractivity contribution in [1.29, 1.82) is 0 Å². The molecule has 2 aliphatic heterocycles. The van der Waals surface area contributed by atoms with Crippen LogP contribution in [0.25, 0.3) is 0 Å². The van der Waals surface area contributed by atoms with Crippen LogP contribution in [0.5, 0.6) is 0 Å². The van der Waals surface area contributed by atoms with Gasteiger partial charge in [0.2, 0.25) is 11.8 Å². The smallest absolute Gasteiger partial charge is 0.264 e. The standard InChI is InChI=1S/C24H30N4O4/c1-25-15-7-9-24(10-8-15)11-14(12-24)13-26-17-4-2-3-16-20(17)23(32)28(22(16)31)18-5-6-19(29)27-21(18)30/h2-4,14-15,18,25-26H,5-13H2,1H3,(H,27,29,30). The minimum atomic E-state index is -0.938. The van der Waals surface area contributed by atoms with E-state index in [1.165, 1.54) is 38.5 Å². The summed E-state index contributed by atoms with van der Waals surface area (Å²) >= 11 is 0. The van der Waals surface area contributed by atoms with E-state index in [-0.39, 0.29) is 18.7 Å². The van der Waals surface area contributed by atoms with Crippen LogP contribution in [-0.4, -0.2) is 54.2 Å². The molecule has 3 N–H and O–H groups in total. The van der Waals surface area contributed by atoms with Crippen molar-refractivity contribution in [2.24, 2.45) is 11.3 Å². The molecule has 2 aliphatic carbocycles. The zero-order chi connectivity index (χ0) is 22.5. The van der Waals surface area contributed by atoms with Crippen molar-refractivity contribution in [2.75, 3.05) is 18.9 Å². The van der Waals surface area contributed by atoms with Crippen molar-refractivity contribution in [3.63, 3.8) is 0 Å². The van der Waals surface area contributed by atoms with E-state index in [0.29, 0.717) is 34.2 Å². The fourth-order valence-electron chi connectivity index (χ4n) is 6.15. The Morgan fingerprint density at radius 3 is 2.50 bits per heavy atom. The number of carbonyl (C=O) groups is 4. The first kappa shape index (κ1) is 21.1. The third-order valence-electron chi connectivity index (χ3n) is 7.95. The first-order valence-electron chi connectivity index (χ1n) is 11.7. The summed E-state index contributed by atoms with van der Waals surface area (Å²) in [5.74, 6) is -1.32. The van der Waals surface area contributed by atoms with Crippen LogP contribution in [-0.2, 0) is 9.59 Å². The molecular weight excluding hydrogens is 408 g/mol. The number of rotatable bonds is 5. The second-order valence-electron chi connectivity index (χ2n) is 9.89. The van der Waals surface area contributed by atoms with Gasteiger partial charge in [0.25, 0.3) is 11.8 Å². The molecule has 5 rings (SSSR count). The lowest BCUT2D eigenvalue weighted by Crippen LogP contribution is -2.54. The average molecular weight is 439 g/mol. The molecule has 0 bridgehead atoms. The predicted octanol–water partition coefficient (Wildman–Crippen LogP) is 2.06. The topological polar surface area (TPSA) is 108 Å². The van der Waals surface area contributed by atoms with Crippen LogP contribution < -0.4 is 16.0 Å². The van der Waals surface area contributed by atoms with Crippen molar-refractivity contribution in [2.45, 2.75) is 63.5 Å². The SMILES string of the molecule is CNC1CCC2(CC1)CC(CNc1cccc3c1C(=O)N(C1CCC(=O)NC1=O)C3=O)C2. The molecular formula is C24H30N4O4. The van der Waals surface area contributed by atoms with Gasteiger partial charge in [0.15, 0.2) is 0 Å². The molecule has 170 valence electrons. The third-order valence-corrected chi connectivity index (χ3v) is 7.95. The van der Waals surface area contributed by atoms with Gasteiger partial charge in [-0.2, -0.15) is 0 Å². The fourth-order valence-corrected chi connectivity index (χ4v) is 6.15. The number of nitrogens with one attached hydrogen (secondary N) is 3. The molecule has 2 saturated carbocycles. The quantitative estimate of drug-likeness (QED) is 0.608. The number of nitrogens with zero attached hydrogens (tertiary/aromatic N) is 1. The Hall–Kier alpha value is -2.74. The molecule has 2 heterocycles. The highest BCUT2D eigenvalue weighted by molar-refractivity contribution is 6.25. The Kier molecular flexibility index (Phi) is 5.28. The molecule has 3 fully saturated rings. The summed E-state index contributed by atoms with van der Waals surface area (Å²) in [6.07, 6.45) is 7.75. The zero-order valence-electron chi connectivity index (χ0n) is 18.4. The molecule has 1 unspecified atom stereocenters. The first-order valence-corrected chi connectivity index (χ1v) is 11.7. The number of hydrogen-bond donors (Lipinski definition) is 3. The van der Waals surface area contributed by atoms with Gasteiger partial charge in [-0.05, 0) is 75.5 Å². The summed E-state index contributed by atoms with van der Waals surface area (Å²) in [6, 6.07) is 4.94. The highest BCUT2D eigenvalue weighted by atomic mass is 16.2. The summed E-state index contributed by atoms with van der Waals surface area (Å²) in [6.45, 7) is 0.771. The summed E-state index contributed by atoms with van der Waals surface area (Å²) in [5, 5.41) is 9.04. The Balaban J connectivity index is 1.24. The van der Waals surface area contributed by atoms with Crippen molar-refractivity contribution in [3.8, 4) is 0 Å². The molecule has 1 saturated heterocycles. The van der Waals surface area contributed by atoms with Gasteiger partial charge in [-0.1, -0.05) is 6.07 Å². The summed E-state index contributed by atoms with van der Waals surface area (Å²) in [7, 11) is 2.04. The molecule has 32 heavy (non-hydrogen) atoms. The van der Waals surface area contributed by atoms with Crippen LogP contribution in [0.15, 0.2) is 18.2 Å². The van der Waals surface area contributed by atoms with Crippen LogP contribution in [0.3, 0.4) is 0 Å². The Bertz CT molecular complexity index is 974. The molecule has 1 atom stereocenters. The maximum Gasteiger partial charge on any atom is 0.264 e. The maximum absolute atomic E-state index is 13.2. The first-order chi connectivity index (χ1) is 15.4. The number of amides is 4. The van der Waals surface area contributed by atoms with Crippen LogP contribution in [0, 0.1) is 11.3 Å². The number of anilines is 1. The lowest BCUT2D eigenvalue weighted by Gasteiger charge is -2.52. The molecule has 4 aliphatic rings. The number of hydrogen-bond acceptors (Lipinski definition) is 6. The van der Waals surface area contributed by atoms with Gasteiger partial charge >= 0.3 is 0 Å². The van der Waals surface area contributed by atoms with Crippen molar-refractivity contribution in [1.82, 2.24) is 15.5 Å². The Morgan fingerprint density at radius 1 is 1.06 bits per heavy atom. The molecule has 1 aromatic carbocycles. The zero-order valence-corrected chi connectivity index (χ0v) is 18.4. The van der Waals surface area contributed by atoms with Gasteiger partial charge in [0, 0.05) is 24.7 Å². The average Bonchev–Trinajstić information content (AvgIpc) is 3.02. The van der Waals surface area contributed by atoms with E-state index in [1.54, 1.807) is 12.1 Å². The van der Waals surface area contributed by atoms with Gasteiger partial charge in [-0.3, -0.25) is 29.4 Å². The lowest BCUT2D eigenvalue weighted by atomic mass is 9.55. The Labute approximate surface area is 187 Å². The van der Waals surface area contributed by atoms with Crippen molar-refractivity contribution in [3.05, 3.63) is 29.3 Å². The van der Waals surface area contributed by atoms with Gasteiger partial charge in [-0.15, -0.1) is 0 Å². The van der Waals surface area contributed by atoms with Crippen LogP contribution in [0.2, 0.25) is 0 Å². The van der Waals surface area contributed by atoms with Gasteiger partial charge in [0.05, 0.1) is 11.1 Å². The molecule has 4 amide bonds. The van der Waals surface area contributed by atoms with Gasteiger partial charge in [-0.25, -0.2) is 0 Å². The third kappa shape index (κ3) is 3.50. The number of imide groups is 2. The van der Waals surface area contributed by atoms with Gasteiger partial charge < -0.3 is 10.6 Å². The molecule has 0 aromatic heterocycles. The number of fused-ring (bicyclic) bond motifs is 1. The number of carbonyl (C=O) groups excluding carboxylic acids is 4. The van der Waals surface area contributed by atoms with E-state index in [2.05, 4.69) is 16.0 Å². The fraction of sp³-hybridized carbons (Fsp3) is 0.583. The highest BCUT2D eigenvalue weighted by Gasteiger charge is 2.47. The molecule has 8 heteroatoms. The maximum atomic E-state index is 13.2. The van der Waals surface area contributed by atoms with Crippen molar-refractivity contribution < 1.29 is 19.2 Å². The van der Waals surface area contributed by atoms with Crippen molar-refractivity contribution >= 4 is 29.3 Å². The van der Waals surface area contributed by atoms with Crippen LogP contribution in [0.4, 0.5) is 5.69 Å². The molecule has 1 spiro atoms. The number of piperidine rings is 1. The van der Waals surface area contributed by atoms with E-state index in [0.717, 1.165) is 11.4 Å². The molecule has 8 nitrogen and oxygen atoms in total. The van der Waals surface area contributed by atoms with E-state index in [9.17, 15) is 19.2 Å². The van der Waals surface area contributed by atoms with E-state index in [1.807, 2.05) is 13.1 Å². The predicted molar refractivity (Wildman–Crippen MR) is 118 cm³/mol. The van der Waals surface area contributed by atoms with Crippen LogP contribution >= 0.6 is 0 Å². The molecule has 0 radical (unpaired) electrons. The molecule has 1 aromatic rings. The van der Waals surface area contributed by atoms with Gasteiger partial charge in [0.1, 0.15) is 6.04 Å². The normalized spacial score (nSPS) is 32.0. The van der Waals surface area contributed by atoms with E-state index in [4.69, 9.17) is 0 Å². The summed E-state index contributed by atoms with van der Waals surface area (Å²) in [4.78, 5) is 50.9. The van der Waals surface area contributed by atoms with E-state index < -0.39 is 23.8 Å². The van der Waals surface area contributed by atoms with E-state index >= 15 is 0 Å². The minimum Gasteiger partial charge on any atom is -0.384 e. The minimum absolute atomic E-state index is 0.118. The second kappa shape index (κ2) is 7.99. The monoisotopic (exact) mass is 438 g/mol.